The first-order valence-electron chi connectivity index (χ1n) is 10.3. The molecular formula is C22H26N4O3S. The lowest BCUT2D eigenvalue weighted by Gasteiger charge is -2.27. The Kier molecular flexibility index (Phi) is 5.60. The second kappa shape index (κ2) is 8.18. The van der Waals surface area contributed by atoms with E-state index >= 15 is 0 Å². The monoisotopic (exact) mass is 426 g/mol. The molecule has 2 aliphatic rings. The summed E-state index contributed by atoms with van der Waals surface area (Å²) in [7, 11) is 0. The van der Waals surface area contributed by atoms with E-state index in [2.05, 4.69) is 15.5 Å². The van der Waals surface area contributed by atoms with E-state index in [0.29, 0.717) is 25.1 Å². The van der Waals surface area contributed by atoms with E-state index in [1.54, 1.807) is 17.4 Å². The van der Waals surface area contributed by atoms with E-state index in [4.69, 9.17) is 0 Å². The van der Waals surface area contributed by atoms with E-state index in [1.165, 1.54) is 9.78 Å². The van der Waals surface area contributed by atoms with Crippen molar-refractivity contribution in [2.75, 3.05) is 5.32 Å². The molecule has 2 aromatic heterocycles. The summed E-state index contributed by atoms with van der Waals surface area (Å²) in [6, 6.07) is 4.96. The van der Waals surface area contributed by atoms with E-state index in [1.807, 2.05) is 45.1 Å². The van der Waals surface area contributed by atoms with Gasteiger partial charge in [-0.1, -0.05) is 26.0 Å². The van der Waals surface area contributed by atoms with Gasteiger partial charge in [0.1, 0.15) is 6.04 Å². The number of hydrogen-bond acceptors (Lipinski definition) is 5. The molecule has 1 aliphatic heterocycles. The van der Waals surface area contributed by atoms with Crippen molar-refractivity contribution < 1.29 is 14.4 Å². The fraction of sp³-hybridized carbons (Fsp3) is 0.455. The molecule has 8 heteroatoms. The first-order chi connectivity index (χ1) is 14.3. The molecule has 0 radical (unpaired) electrons. The zero-order valence-electron chi connectivity index (χ0n) is 17.3. The van der Waals surface area contributed by atoms with Crippen LogP contribution in [0.4, 0.5) is 5.82 Å². The Morgan fingerprint density at radius 2 is 1.90 bits per heavy atom. The maximum atomic E-state index is 13.2. The Hall–Kier alpha value is -2.74. The first-order valence-corrected chi connectivity index (χ1v) is 11.1. The summed E-state index contributed by atoms with van der Waals surface area (Å²) in [6.07, 6.45) is 5.43. The number of thiophene rings is 1. The van der Waals surface area contributed by atoms with Crippen LogP contribution in [-0.4, -0.2) is 38.9 Å². The quantitative estimate of drug-likeness (QED) is 0.543. The second-order valence-electron chi connectivity index (χ2n) is 8.41. The summed E-state index contributed by atoms with van der Waals surface area (Å²) in [5.41, 5.74) is 0.814. The van der Waals surface area contributed by atoms with Crippen LogP contribution in [0.2, 0.25) is 0 Å². The number of aromatic nitrogens is 2. The van der Waals surface area contributed by atoms with Gasteiger partial charge >= 0.3 is 0 Å². The fourth-order valence-electron chi connectivity index (χ4n) is 4.21. The molecule has 3 amide bonds. The number of nitrogens with one attached hydrogen (secondary N) is 2. The predicted molar refractivity (Wildman–Crippen MR) is 116 cm³/mol. The highest BCUT2D eigenvalue weighted by Gasteiger charge is 2.51. The van der Waals surface area contributed by atoms with Gasteiger partial charge in [0.2, 0.25) is 17.7 Å². The van der Waals surface area contributed by atoms with Gasteiger partial charge in [-0.25, -0.2) is 0 Å². The van der Waals surface area contributed by atoms with Crippen LogP contribution >= 0.6 is 11.3 Å². The highest BCUT2D eigenvalue weighted by atomic mass is 32.1. The highest BCUT2D eigenvalue weighted by molar-refractivity contribution is 7.15. The third-order valence-corrected chi connectivity index (χ3v) is 6.72. The van der Waals surface area contributed by atoms with Gasteiger partial charge in [-0.2, -0.15) is 5.10 Å². The lowest BCUT2D eigenvalue weighted by Crippen LogP contribution is -2.48. The number of hydrogen-bond donors (Lipinski definition) is 2. The van der Waals surface area contributed by atoms with Crippen molar-refractivity contribution in [1.29, 1.82) is 0 Å². The molecule has 7 nitrogen and oxygen atoms in total. The zero-order valence-corrected chi connectivity index (χ0v) is 18.2. The number of imide groups is 1. The van der Waals surface area contributed by atoms with E-state index < -0.39 is 6.04 Å². The normalized spacial score (nSPS) is 21.9. The van der Waals surface area contributed by atoms with Crippen molar-refractivity contribution in [2.45, 2.75) is 46.1 Å². The molecule has 1 fully saturated rings. The summed E-state index contributed by atoms with van der Waals surface area (Å²) >= 11 is 1.63. The average Bonchev–Trinajstić information content (AvgIpc) is 3.40. The molecule has 3 heterocycles. The van der Waals surface area contributed by atoms with Crippen molar-refractivity contribution in [1.82, 2.24) is 15.1 Å². The summed E-state index contributed by atoms with van der Waals surface area (Å²) in [5.74, 6) is -0.997. The predicted octanol–water partition coefficient (Wildman–Crippen LogP) is 3.75. The molecule has 0 aromatic carbocycles. The number of fused-ring (bicyclic) bond motifs is 1. The molecule has 3 atom stereocenters. The molecule has 4 rings (SSSR count). The Morgan fingerprint density at radius 1 is 1.23 bits per heavy atom. The molecule has 1 saturated heterocycles. The van der Waals surface area contributed by atoms with Crippen molar-refractivity contribution in [3.8, 4) is 10.6 Å². The van der Waals surface area contributed by atoms with Crippen molar-refractivity contribution in [2.24, 2.45) is 17.8 Å². The zero-order chi connectivity index (χ0) is 21.4. The number of anilines is 1. The smallest absolute Gasteiger partial charge is 0.248 e. The van der Waals surface area contributed by atoms with E-state index in [0.717, 1.165) is 10.6 Å². The second-order valence-corrected chi connectivity index (χ2v) is 9.70. The molecule has 0 saturated carbocycles. The third kappa shape index (κ3) is 3.84. The standard InChI is InChI=1S/C22H26N4O3S/c1-12(2)10-17(26-21(28)14-6-4-5-7-15(14)22(26)29)20(27)23-19-11-16(24-25-19)18-9-8-13(3)30-18/h4-5,8-9,11-12,14-15,17H,6-7,10H2,1-3H3,(H2,23,24,25,27). The van der Waals surface area contributed by atoms with Crippen LogP contribution in [0, 0.1) is 24.7 Å². The van der Waals surface area contributed by atoms with E-state index in [9.17, 15) is 14.4 Å². The number of H-pyrrole nitrogens is 1. The molecular weight excluding hydrogens is 400 g/mol. The third-order valence-electron chi connectivity index (χ3n) is 5.69. The Labute approximate surface area is 179 Å². The Bertz CT molecular complexity index is 980. The molecule has 0 bridgehead atoms. The van der Waals surface area contributed by atoms with Gasteiger partial charge in [-0.15, -0.1) is 11.3 Å². The molecule has 1 aliphatic carbocycles. The van der Waals surface area contributed by atoms with Crippen LogP contribution in [-0.2, 0) is 14.4 Å². The number of carbonyl (C=O) groups excluding carboxylic acids is 3. The minimum Gasteiger partial charge on any atom is -0.307 e. The van der Waals surface area contributed by atoms with Gasteiger partial charge in [0.15, 0.2) is 5.82 Å². The topological polar surface area (TPSA) is 95.2 Å². The number of nitrogens with zero attached hydrogens (tertiary/aromatic N) is 2. The molecule has 158 valence electrons. The van der Waals surface area contributed by atoms with Crippen LogP contribution in [0.15, 0.2) is 30.4 Å². The van der Waals surface area contributed by atoms with Crippen LogP contribution in [0.5, 0.6) is 0 Å². The van der Waals surface area contributed by atoms with Gasteiger partial charge in [0.25, 0.3) is 0 Å². The van der Waals surface area contributed by atoms with Crippen molar-refractivity contribution in [3.63, 3.8) is 0 Å². The summed E-state index contributed by atoms with van der Waals surface area (Å²) < 4.78 is 0. The fourth-order valence-corrected chi connectivity index (χ4v) is 5.04. The Morgan fingerprint density at radius 3 is 2.47 bits per heavy atom. The van der Waals surface area contributed by atoms with Gasteiger partial charge < -0.3 is 5.32 Å². The van der Waals surface area contributed by atoms with Gasteiger partial charge in [-0.05, 0) is 44.2 Å². The SMILES string of the molecule is Cc1ccc(-c2cc(NC(=O)C(CC(C)C)N3C(=O)C4CC=CCC4C3=O)n[nH]2)s1. The summed E-state index contributed by atoms with van der Waals surface area (Å²) in [5, 5.41) is 9.94. The lowest BCUT2D eigenvalue weighted by atomic mass is 9.85. The van der Waals surface area contributed by atoms with Crippen LogP contribution < -0.4 is 5.32 Å². The number of rotatable bonds is 6. The van der Waals surface area contributed by atoms with Gasteiger partial charge in [-0.3, -0.25) is 24.4 Å². The summed E-state index contributed by atoms with van der Waals surface area (Å²) in [4.78, 5) is 42.6. The number of likely N-dealkylation sites (tertiary alicyclic amines) is 1. The number of amides is 3. The van der Waals surface area contributed by atoms with E-state index in [-0.39, 0.29) is 35.5 Å². The van der Waals surface area contributed by atoms with Crippen molar-refractivity contribution in [3.05, 3.63) is 35.2 Å². The maximum Gasteiger partial charge on any atom is 0.248 e. The highest BCUT2D eigenvalue weighted by Crippen LogP contribution is 2.37. The lowest BCUT2D eigenvalue weighted by molar-refractivity contribution is -0.147. The Balaban J connectivity index is 1.54. The largest absolute Gasteiger partial charge is 0.307 e. The van der Waals surface area contributed by atoms with Crippen LogP contribution in [0.25, 0.3) is 10.6 Å². The van der Waals surface area contributed by atoms with Crippen LogP contribution in [0.3, 0.4) is 0 Å². The maximum absolute atomic E-state index is 13.2. The molecule has 2 aromatic rings. The number of aromatic amines is 1. The minimum atomic E-state index is -0.834. The van der Waals surface area contributed by atoms with Crippen molar-refractivity contribution >= 4 is 34.9 Å². The molecule has 0 spiro atoms. The molecule has 30 heavy (non-hydrogen) atoms. The number of aryl methyl sites for hydroxylation is 1. The van der Waals surface area contributed by atoms with Gasteiger partial charge in [0.05, 0.1) is 22.4 Å². The summed E-state index contributed by atoms with van der Waals surface area (Å²) in [6.45, 7) is 5.98. The average molecular weight is 427 g/mol. The van der Waals surface area contributed by atoms with Gasteiger partial charge in [0, 0.05) is 10.9 Å². The molecule has 3 unspecified atom stereocenters. The minimum absolute atomic E-state index is 0.144. The first kappa shape index (κ1) is 20.5. The number of allylic oxidation sites excluding steroid dienone is 2. The number of carbonyl (C=O) groups is 3. The van der Waals surface area contributed by atoms with Crippen LogP contribution in [0.1, 0.15) is 38.0 Å². The molecule has 2 N–H and O–H groups in total.